The quantitative estimate of drug-likeness (QED) is 0.472. The fourth-order valence-corrected chi connectivity index (χ4v) is 0.989. The van der Waals surface area contributed by atoms with Crippen LogP contribution in [-0.4, -0.2) is 11.1 Å². The molecule has 0 spiro atoms. The second kappa shape index (κ2) is 12.8. The molecule has 2 nitrogen and oxygen atoms in total. The Hall–Kier alpha value is -0.310. The number of hydrogen-bond acceptors (Lipinski definition) is 1. The molecule has 16 heavy (non-hydrogen) atoms. The maximum Gasteiger partial charge on any atom is 1.00 e. The Kier molecular flexibility index (Phi) is 14.4. The molecule has 0 bridgehead atoms. The zero-order valence-electron chi connectivity index (χ0n) is 10.4. The van der Waals surface area contributed by atoms with Gasteiger partial charge in [-0.15, -0.1) is 0 Å². The van der Waals surface area contributed by atoms with Crippen molar-refractivity contribution in [2.75, 3.05) is 0 Å². The van der Waals surface area contributed by atoms with Crippen LogP contribution >= 0.6 is 0 Å². The fourth-order valence-electron chi connectivity index (χ4n) is 0.989. The van der Waals surface area contributed by atoms with E-state index in [4.69, 9.17) is 5.11 Å². The van der Waals surface area contributed by atoms with Crippen LogP contribution in [0, 0.1) is 6.42 Å². The zero-order valence-corrected chi connectivity index (χ0v) is 12.4. The van der Waals surface area contributed by atoms with E-state index < -0.39 is 5.97 Å². The number of hydrogen-bond donors (Lipinski definition) is 1. The number of rotatable bonds is 4. The molecule has 0 saturated carbocycles. The molecular weight excluding hydrogens is 211 g/mol. The maximum absolute atomic E-state index is 10.2. The molecule has 0 radical (unpaired) electrons. The molecule has 0 atom stereocenters. The van der Waals surface area contributed by atoms with Crippen molar-refractivity contribution in [3.63, 3.8) is 0 Å². The van der Waals surface area contributed by atoms with E-state index in [0.717, 1.165) is 0 Å². The minimum absolute atomic E-state index is 0. The molecule has 0 unspecified atom stereocenters. The molecule has 0 amide bonds. The first-order valence-corrected chi connectivity index (χ1v) is 5.32. The van der Waals surface area contributed by atoms with Crippen molar-refractivity contribution >= 4 is 5.97 Å². The molecule has 1 N–H and O–H groups in total. The second-order valence-electron chi connectivity index (χ2n) is 3.16. The summed E-state index contributed by atoms with van der Waals surface area (Å²) in [6.07, 6.45) is 6.12. The van der Waals surface area contributed by atoms with E-state index >= 15 is 0 Å². The van der Waals surface area contributed by atoms with E-state index in [1.165, 1.54) is 19.3 Å². The Morgan fingerprint density at radius 2 is 1.81 bits per heavy atom. The van der Waals surface area contributed by atoms with E-state index in [9.17, 15) is 4.79 Å². The number of unbranched alkanes of at least 4 members (excludes halogenated alkanes) is 3. The first-order valence-electron chi connectivity index (χ1n) is 5.32. The molecule has 0 aliphatic carbocycles. The molecular formula is C13H19NaO2. The first-order chi connectivity index (χ1) is 7.22. The summed E-state index contributed by atoms with van der Waals surface area (Å²) in [5.74, 6) is -0.879. The van der Waals surface area contributed by atoms with Gasteiger partial charge in [0.05, 0.1) is 5.56 Å². The summed E-state index contributed by atoms with van der Waals surface area (Å²) in [4.78, 5) is 10.2. The van der Waals surface area contributed by atoms with E-state index in [2.05, 4.69) is 20.3 Å². The summed E-state index contributed by atoms with van der Waals surface area (Å²) in [6, 6.07) is 8.30. The van der Waals surface area contributed by atoms with E-state index in [1.54, 1.807) is 30.3 Å². The SMILES string of the molecule is CC[CH-]CCC.O=C(O)c1ccccc1.[Na+]. The molecule has 1 aromatic carbocycles. The number of carboxylic acid groups (broad SMARTS) is 1. The molecule has 0 heterocycles. The number of carboxylic acids is 1. The Balaban J connectivity index is 0. The van der Waals surface area contributed by atoms with E-state index in [1.807, 2.05) is 0 Å². The van der Waals surface area contributed by atoms with Crippen LogP contribution in [0.4, 0.5) is 0 Å². The third kappa shape index (κ3) is 10.2. The molecule has 0 aliphatic rings. The van der Waals surface area contributed by atoms with Gasteiger partial charge in [0.25, 0.3) is 0 Å². The fraction of sp³-hybridized carbons (Fsp3) is 0.385. The smallest absolute Gasteiger partial charge is 0.478 e. The van der Waals surface area contributed by atoms with Crippen LogP contribution in [0.5, 0.6) is 0 Å². The number of aromatic carboxylic acids is 1. The molecule has 0 saturated heterocycles. The van der Waals surface area contributed by atoms with Crippen molar-refractivity contribution in [2.45, 2.75) is 33.1 Å². The molecule has 0 fully saturated rings. The van der Waals surface area contributed by atoms with Gasteiger partial charge in [-0.25, -0.2) is 4.79 Å². The van der Waals surface area contributed by atoms with E-state index in [0.29, 0.717) is 5.56 Å². The largest absolute Gasteiger partial charge is 1.00 e. The summed E-state index contributed by atoms with van der Waals surface area (Å²) < 4.78 is 0. The third-order valence-electron chi connectivity index (χ3n) is 1.80. The zero-order chi connectivity index (χ0) is 11.5. The molecule has 0 aromatic heterocycles. The minimum Gasteiger partial charge on any atom is -0.478 e. The monoisotopic (exact) mass is 230 g/mol. The predicted octanol–water partition coefficient (Wildman–Crippen LogP) is 0.790. The molecule has 3 heteroatoms. The molecule has 84 valence electrons. The summed E-state index contributed by atoms with van der Waals surface area (Å²) in [7, 11) is 0. The number of benzene rings is 1. The van der Waals surface area contributed by atoms with Gasteiger partial charge in [0.1, 0.15) is 0 Å². The molecule has 1 rings (SSSR count). The maximum atomic E-state index is 10.2. The average molecular weight is 230 g/mol. The van der Waals surface area contributed by atoms with Crippen molar-refractivity contribution in [3.8, 4) is 0 Å². The summed E-state index contributed by atoms with van der Waals surface area (Å²) in [5.41, 5.74) is 0.331. The summed E-state index contributed by atoms with van der Waals surface area (Å²) >= 11 is 0. The van der Waals surface area contributed by atoms with E-state index in [-0.39, 0.29) is 29.6 Å². The van der Waals surface area contributed by atoms with Crippen LogP contribution in [0.2, 0.25) is 0 Å². The van der Waals surface area contributed by atoms with Gasteiger partial charge in [-0.2, -0.15) is 12.8 Å². The normalized spacial score (nSPS) is 8.38. The standard InChI is InChI=1S/C7H6O2.C6H13.Na/c8-7(9)6-4-2-1-3-5-6;1-3-5-6-4-2;/h1-5H,(H,8,9);5H,3-4,6H2,1-2H3;/q;-1;+1. The van der Waals surface area contributed by atoms with Crippen molar-refractivity contribution in [1.82, 2.24) is 0 Å². The van der Waals surface area contributed by atoms with Crippen molar-refractivity contribution < 1.29 is 39.5 Å². The van der Waals surface area contributed by atoms with Crippen molar-refractivity contribution in [1.29, 1.82) is 0 Å². The third-order valence-corrected chi connectivity index (χ3v) is 1.80. The second-order valence-corrected chi connectivity index (χ2v) is 3.16. The van der Waals surface area contributed by atoms with Crippen molar-refractivity contribution in [3.05, 3.63) is 42.3 Å². The Bertz CT molecular complexity index is 256. The van der Waals surface area contributed by atoms with Gasteiger partial charge in [-0.3, -0.25) is 0 Å². The van der Waals surface area contributed by atoms with Gasteiger partial charge in [0.15, 0.2) is 0 Å². The topological polar surface area (TPSA) is 37.3 Å². The molecule has 1 aromatic rings. The minimum atomic E-state index is -0.879. The van der Waals surface area contributed by atoms with Crippen LogP contribution in [-0.2, 0) is 0 Å². The van der Waals surface area contributed by atoms with Gasteiger partial charge in [-0.1, -0.05) is 38.5 Å². The average Bonchev–Trinajstić information content (AvgIpc) is 2.28. The van der Waals surface area contributed by atoms with Gasteiger partial charge in [0.2, 0.25) is 0 Å². The van der Waals surface area contributed by atoms with Gasteiger partial charge in [0, 0.05) is 0 Å². The predicted molar refractivity (Wildman–Crippen MR) is 62.9 cm³/mol. The van der Waals surface area contributed by atoms with Crippen LogP contribution < -0.4 is 29.6 Å². The van der Waals surface area contributed by atoms with Gasteiger partial charge < -0.3 is 11.5 Å². The molecule has 0 aliphatic heterocycles. The summed E-state index contributed by atoms with van der Waals surface area (Å²) in [6.45, 7) is 4.38. The summed E-state index contributed by atoms with van der Waals surface area (Å²) in [5, 5.41) is 8.38. The Morgan fingerprint density at radius 1 is 1.25 bits per heavy atom. The van der Waals surface area contributed by atoms with Crippen LogP contribution in [0.15, 0.2) is 30.3 Å². The van der Waals surface area contributed by atoms with Crippen LogP contribution in [0.1, 0.15) is 43.5 Å². The number of carbonyl (C=O) groups is 1. The Labute approximate surface area is 120 Å². The Morgan fingerprint density at radius 3 is 2.06 bits per heavy atom. The van der Waals surface area contributed by atoms with Crippen LogP contribution in [0.25, 0.3) is 0 Å². The van der Waals surface area contributed by atoms with Gasteiger partial charge >= 0.3 is 35.5 Å². The van der Waals surface area contributed by atoms with Gasteiger partial charge in [-0.05, 0) is 12.1 Å². The van der Waals surface area contributed by atoms with Crippen LogP contribution in [0.3, 0.4) is 0 Å². The first kappa shape index (κ1) is 18.1. The van der Waals surface area contributed by atoms with Crippen molar-refractivity contribution in [2.24, 2.45) is 0 Å².